The molecule has 6 heteroatoms. The minimum Gasteiger partial charge on any atom is -0.298 e. The number of alkyl halides is 1. The quantitative estimate of drug-likeness (QED) is 0.794. The first kappa shape index (κ1) is 14.5. The van der Waals surface area contributed by atoms with Crippen molar-refractivity contribution in [3.63, 3.8) is 0 Å². The molecule has 4 atom stereocenters. The van der Waals surface area contributed by atoms with E-state index in [1.807, 2.05) is 13.8 Å². The van der Waals surface area contributed by atoms with E-state index in [4.69, 9.17) is 0 Å². The molecule has 2 aliphatic rings. The molecule has 0 saturated heterocycles. The second kappa shape index (κ2) is 4.28. The summed E-state index contributed by atoms with van der Waals surface area (Å²) in [6.45, 7) is 6.05. The maximum absolute atomic E-state index is 12.3. The molecule has 0 aromatic carbocycles. The number of sulfonamides is 1. The van der Waals surface area contributed by atoms with E-state index in [1.54, 1.807) is 6.92 Å². The number of rotatable bonds is 4. The topological polar surface area (TPSA) is 63.2 Å². The van der Waals surface area contributed by atoms with E-state index in [0.29, 0.717) is 6.54 Å². The van der Waals surface area contributed by atoms with Gasteiger partial charge in [0.2, 0.25) is 10.0 Å². The van der Waals surface area contributed by atoms with Crippen LogP contribution in [0.4, 0.5) is 0 Å². The van der Waals surface area contributed by atoms with Crippen molar-refractivity contribution in [1.29, 1.82) is 0 Å². The van der Waals surface area contributed by atoms with Gasteiger partial charge in [-0.25, -0.2) is 13.1 Å². The van der Waals surface area contributed by atoms with Crippen molar-refractivity contribution in [3.05, 3.63) is 0 Å². The molecule has 2 fully saturated rings. The molecular formula is C12H20BrNO3S. The third-order valence-electron chi connectivity index (χ3n) is 5.04. The molecule has 2 rings (SSSR count). The molecule has 0 aromatic heterocycles. The van der Waals surface area contributed by atoms with Crippen LogP contribution < -0.4 is 4.72 Å². The van der Waals surface area contributed by atoms with Gasteiger partial charge in [0.15, 0.2) is 5.78 Å². The summed E-state index contributed by atoms with van der Waals surface area (Å²) in [5.41, 5.74) is -0.965. The van der Waals surface area contributed by atoms with Crippen LogP contribution >= 0.6 is 15.9 Å². The van der Waals surface area contributed by atoms with Gasteiger partial charge in [-0.15, -0.1) is 0 Å². The lowest BCUT2D eigenvalue weighted by molar-refractivity contribution is -0.127. The second-order valence-corrected chi connectivity index (χ2v) is 8.71. The fourth-order valence-corrected chi connectivity index (χ4v) is 6.97. The van der Waals surface area contributed by atoms with Crippen molar-refractivity contribution in [1.82, 2.24) is 4.72 Å². The van der Waals surface area contributed by atoms with Gasteiger partial charge in [0.05, 0.1) is 10.6 Å². The van der Waals surface area contributed by atoms with Gasteiger partial charge in [0.25, 0.3) is 0 Å². The number of carbonyl (C=O) groups excluding carboxylic acids is 1. The Morgan fingerprint density at radius 3 is 2.50 bits per heavy atom. The fourth-order valence-electron chi connectivity index (χ4n) is 3.75. The van der Waals surface area contributed by atoms with Crippen LogP contribution in [0, 0.1) is 16.7 Å². The summed E-state index contributed by atoms with van der Waals surface area (Å²) in [5.74, 6) is 0.347. The summed E-state index contributed by atoms with van der Waals surface area (Å²) < 4.78 is 26.6. The van der Waals surface area contributed by atoms with E-state index in [1.165, 1.54) is 0 Å². The van der Waals surface area contributed by atoms with Gasteiger partial charge >= 0.3 is 0 Å². The molecule has 2 saturated carbocycles. The van der Waals surface area contributed by atoms with Gasteiger partial charge in [-0.3, -0.25) is 4.79 Å². The van der Waals surface area contributed by atoms with E-state index in [2.05, 4.69) is 20.7 Å². The average Bonchev–Trinajstić information content (AvgIpc) is 2.54. The average molecular weight is 338 g/mol. The van der Waals surface area contributed by atoms with Crippen molar-refractivity contribution in [3.8, 4) is 0 Å². The normalized spacial score (nSPS) is 43.7. The van der Waals surface area contributed by atoms with E-state index >= 15 is 0 Å². The summed E-state index contributed by atoms with van der Waals surface area (Å²) in [4.78, 5) is 12.1. The standard InChI is InChI=1S/C12H20BrNO3S/c1-4-14-18(16,17)7-12(3)8-5-6-11(12,2)10(15)9(8)13/h8-9,14H,4-7H2,1-3H3/t8-,9+,11+,12-/m1/s1. The van der Waals surface area contributed by atoms with Gasteiger partial charge in [0.1, 0.15) is 0 Å². The number of halogens is 1. The minimum atomic E-state index is -3.31. The summed E-state index contributed by atoms with van der Waals surface area (Å²) in [6, 6.07) is 0. The van der Waals surface area contributed by atoms with Gasteiger partial charge in [0, 0.05) is 12.0 Å². The molecule has 1 N–H and O–H groups in total. The Morgan fingerprint density at radius 1 is 1.44 bits per heavy atom. The smallest absolute Gasteiger partial charge is 0.212 e. The Labute approximate surface area is 117 Å². The van der Waals surface area contributed by atoms with Gasteiger partial charge in [-0.1, -0.05) is 36.7 Å². The van der Waals surface area contributed by atoms with Crippen LogP contribution in [0.15, 0.2) is 0 Å². The number of carbonyl (C=O) groups is 1. The number of hydrogen-bond donors (Lipinski definition) is 1. The van der Waals surface area contributed by atoms with E-state index in [0.717, 1.165) is 12.8 Å². The molecule has 0 aromatic rings. The number of ketones is 1. The minimum absolute atomic E-state index is 0.0445. The van der Waals surface area contributed by atoms with Crippen molar-refractivity contribution in [2.24, 2.45) is 16.7 Å². The first-order valence-electron chi connectivity index (χ1n) is 6.34. The number of hydrogen-bond acceptors (Lipinski definition) is 3. The molecule has 4 nitrogen and oxygen atoms in total. The van der Waals surface area contributed by atoms with Crippen LogP contribution in [0.1, 0.15) is 33.6 Å². The predicted octanol–water partition coefficient (Wildman–Crippen LogP) is 1.69. The molecule has 0 spiro atoms. The number of fused-ring (bicyclic) bond motifs is 2. The zero-order valence-electron chi connectivity index (χ0n) is 11.0. The van der Waals surface area contributed by atoms with E-state index in [9.17, 15) is 13.2 Å². The van der Waals surface area contributed by atoms with Crippen LogP contribution in [0.3, 0.4) is 0 Å². The third-order valence-corrected chi connectivity index (χ3v) is 7.80. The zero-order chi connectivity index (χ0) is 13.8. The lowest BCUT2D eigenvalue weighted by Crippen LogP contribution is -2.43. The van der Waals surface area contributed by atoms with E-state index in [-0.39, 0.29) is 22.3 Å². The summed E-state index contributed by atoms with van der Waals surface area (Å²) >= 11 is 3.45. The first-order chi connectivity index (χ1) is 8.18. The molecule has 0 heterocycles. The largest absolute Gasteiger partial charge is 0.298 e. The Kier molecular flexibility index (Phi) is 3.44. The van der Waals surface area contributed by atoms with Crippen LogP contribution in [0.5, 0.6) is 0 Å². The van der Waals surface area contributed by atoms with Gasteiger partial charge < -0.3 is 0 Å². The first-order valence-corrected chi connectivity index (χ1v) is 8.90. The second-order valence-electron chi connectivity index (χ2n) is 5.92. The zero-order valence-corrected chi connectivity index (χ0v) is 13.4. The highest BCUT2D eigenvalue weighted by molar-refractivity contribution is 9.10. The van der Waals surface area contributed by atoms with Crippen LogP contribution in [0.25, 0.3) is 0 Å². The summed E-state index contributed by atoms with van der Waals surface area (Å²) in [6.07, 6.45) is 1.73. The van der Waals surface area contributed by atoms with Crippen molar-refractivity contribution in [2.45, 2.75) is 38.4 Å². The molecule has 2 aliphatic carbocycles. The molecule has 0 radical (unpaired) electrons. The van der Waals surface area contributed by atoms with Gasteiger partial charge in [-0.2, -0.15) is 0 Å². The monoisotopic (exact) mass is 337 g/mol. The fraction of sp³-hybridized carbons (Fsp3) is 0.917. The lowest BCUT2D eigenvalue weighted by atomic mass is 9.70. The van der Waals surface area contributed by atoms with Crippen molar-refractivity contribution >= 4 is 31.7 Å². The SMILES string of the molecule is CCNS(=O)(=O)C[C@]1(C)[C@@H]2CC[C@@]1(C)C(=O)[C@H]2Br. The Morgan fingerprint density at radius 2 is 2.06 bits per heavy atom. The van der Waals surface area contributed by atoms with Crippen LogP contribution in [-0.4, -0.2) is 31.3 Å². The number of Topliss-reactive ketones (excluding diaryl/α,β-unsaturated/α-hetero) is 1. The van der Waals surface area contributed by atoms with Gasteiger partial charge in [-0.05, 0) is 24.2 Å². The highest BCUT2D eigenvalue weighted by Crippen LogP contribution is 2.65. The highest BCUT2D eigenvalue weighted by atomic mass is 79.9. The molecule has 0 unspecified atom stereocenters. The predicted molar refractivity (Wildman–Crippen MR) is 74.1 cm³/mol. The van der Waals surface area contributed by atoms with Crippen LogP contribution in [0.2, 0.25) is 0 Å². The van der Waals surface area contributed by atoms with E-state index < -0.39 is 20.9 Å². The Balaban J connectivity index is 2.35. The number of nitrogens with one attached hydrogen (secondary N) is 1. The Bertz CT molecular complexity index is 478. The maximum Gasteiger partial charge on any atom is 0.212 e. The maximum atomic E-state index is 12.3. The molecule has 2 bridgehead atoms. The van der Waals surface area contributed by atoms with Crippen LogP contribution in [-0.2, 0) is 14.8 Å². The highest BCUT2D eigenvalue weighted by Gasteiger charge is 2.68. The molecule has 18 heavy (non-hydrogen) atoms. The molecular weight excluding hydrogens is 318 g/mol. The lowest BCUT2D eigenvalue weighted by Gasteiger charge is -2.36. The van der Waals surface area contributed by atoms with Crippen molar-refractivity contribution in [2.75, 3.05) is 12.3 Å². The van der Waals surface area contributed by atoms with Crippen molar-refractivity contribution < 1.29 is 13.2 Å². The Hall–Kier alpha value is 0.0600. The summed E-state index contributed by atoms with van der Waals surface area (Å²) in [7, 11) is -3.31. The third kappa shape index (κ3) is 1.79. The molecule has 104 valence electrons. The molecule has 0 aliphatic heterocycles. The molecule has 0 amide bonds. The summed E-state index contributed by atoms with van der Waals surface area (Å²) in [5, 5.41) is 0.